The van der Waals surface area contributed by atoms with Crippen molar-refractivity contribution in [3.05, 3.63) is 35.4 Å². The minimum Gasteiger partial charge on any atom is -0.346 e. The predicted octanol–water partition coefficient (Wildman–Crippen LogP) is 1.54. The fourth-order valence-corrected chi connectivity index (χ4v) is 2.61. The number of nitrogens with zero attached hydrogens (tertiary/aromatic N) is 3. The molecule has 1 aliphatic heterocycles. The second-order valence-electron chi connectivity index (χ2n) is 5.36. The Morgan fingerprint density at radius 1 is 1.27 bits per heavy atom. The van der Waals surface area contributed by atoms with Crippen molar-refractivity contribution < 1.29 is 4.79 Å². The van der Waals surface area contributed by atoms with Gasteiger partial charge in [0.2, 0.25) is 0 Å². The molecule has 1 N–H and O–H groups in total. The molecule has 116 valence electrons. The fraction of sp³-hybridized carbons (Fsp3) is 0.438. The van der Waals surface area contributed by atoms with Gasteiger partial charge in [-0.1, -0.05) is 17.7 Å². The van der Waals surface area contributed by atoms with E-state index in [9.17, 15) is 4.79 Å². The first-order valence-corrected chi connectivity index (χ1v) is 7.77. The smallest absolute Gasteiger partial charge is 0.257 e. The summed E-state index contributed by atoms with van der Waals surface area (Å²) in [4.78, 5) is 16.4. The standard InChI is InChI=1S/C16H20N4OS/c1-13-3-5-14(6-4-13)15(21)18-16(22)20-11-9-19(10-12-20)8-2-7-17/h3-6H,2,8-12H2,1H3,(H,18,21,22). The lowest BCUT2D eigenvalue weighted by Gasteiger charge is -2.35. The zero-order valence-electron chi connectivity index (χ0n) is 12.7. The Balaban J connectivity index is 1.82. The van der Waals surface area contributed by atoms with Crippen molar-refractivity contribution in [2.45, 2.75) is 13.3 Å². The molecular weight excluding hydrogens is 296 g/mol. The number of rotatable bonds is 3. The van der Waals surface area contributed by atoms with Crippen molar-refractivity contribution in [2.75, 3.05) is 32.7 Å². The van der Waals surface area contributed by atoms with E-state index in [-0.39, 0.29) is 5.91 Å². The van der Waals surface area contributed by atoms with Crippen LogP contribution in [0.15, 0.2) is 24.3 Å². The predicted molar refractivity (Wildman–Crippen MR) is 89.5 cm³/mol. The number of aryl methyl sites for hydroxylation is 1. The highest BCUT2D eigenvalue weighted by Crippen LogP contribution is 2.05. The molecule has 1 heterocycles. The number of carbonyl (C=O) groups excluding carboxylic acids is 1. The highest BCUT2D eigenvalue weighted by Gasteiger charge is 2.20. The van der Waals surface area contributed by atoms with Gasteiger partial charge in [-0.05, 0) is 31.3 Å². The zero-order chi connectivity index (χ0) is 15.9. The third kappa shape index (κ3) is 4.52. The average Bonchev–Trinajstić information content (AvgIpc) is 2.54. The van der Waals surface area contributed by atoms with Gasteiger partial charge in [-0.15, -0.1) is 0 Å². The number of nitrogens with one attached hydrogen (secondary N) is 1. The van der Waals surface area contributed by atoms with Crippen LogP contribution >= 0.6 is 12.2 Å². The zero-order valence-corrected chi connectivity index (χ0v) is 13.5. The Kier molecular flexibility index (Phi) is 5.87. The lowest BCUT2D eigenvalue weighted by Crippen LogP contribution is -2.52. The summed E-state index contributed by atoms with van der Waals surface area (Å²) in [5.74, 6) is -0.170. The van der Waals surface area contributed by atoms with Crippen molar-refractivity contribution in [3.8, 4) is 6.07 Å². The number of benzene rings is 1. The summed E-state index contributed by atoms with van der Waals surface area (Å²) < 4.78 is 0. The molecule has 1 amide bonds. The van der Waals surface area contributed by atoms with E-state index in [0.717, 1.165) is 38.3 Å². The third-order valence-corrected chi connectivity index (χ3v) is 4.09. The maximum atomic E-state index is 12.1. The van der Waals surface area contributed by atoms with Crippen molar-refractivity contribution in [1.82, 2.24) is 15.1 Å². The van der Waals surface area contributed by atoms with Crippen molar-refractivity contribution >= 4 is 23.2 Å². The molecule has 1 saturated heterocycles. The van der Waals surface area contributed by atoms with Gasteiger partial charge in [-0.25, -0.2) is 0 Å². The number of hydrogen-bond acceptors (Lipinski definition) is 4. The molecular formula is C16H20N4OS. The summed E-state index contributed by atoms with van der Waals surface area (Å²) in [6.45, 7) is 6.06. The van der Waals surface area contributed by atoms with Crippen LogP contribution in [0.2, 0.25) is 0 Å². The molecule has 22 heavy (non-hydrogen) atoms. The van der Waals surface area contributed by atoms with Gasteiger partial charge in [0.1, 0.15) is 0 Å². The van der Waals surface area contributed by atoms with E-state index in [4.69, 9.17) is 17.5 Å². The topological polar surface area (TPSA) is 59.4 Å². The molecule has 1 fully saturated rings. The summed E-state index contributed by atoms with van der Waals surface area (Å²) in [6.07, 6.45) is 0.550. The second kappa shape index (κ2) is 7.87. The lowest BCUT2D eigenvalue weighted by atomic mass is 10.1. The monoisotopic (exact) mass is 316 g/mol. The first-order chi connectivity index (χ1) is 10.6. The van der Waals surface area contributed by atoms with E-state index in [1.165, 1.54) is 0 Å². The molecule has 2 rings (SSSR count). The summed E-state index contributed by atoms with van der Waals surface area (Å²) >= 11 is 5.33. The van der Waals surface area contributed by atoms with Crippen LogP contribution in [0.4, 0.5) is 0 Å². The number of amides is 1. The molecule has 0 saturated carbocycles. The van der Waals surface area contributed by atoms with E-state index in [1.54, 1.807) is 12.1 Å². The van der Waals surface area contributed by atoms with Crippen LogP contribution in [-0.4, -0.2) is 53.5 Å². The summed E-state index contributed by atoms with van der Waals surface area (Å²) in [5.41, 5.74) is 1.73. The highest BCUT2D eigenvalue weighted by molar-refractivity contribution is 7.80. The van der Waals surface area contributed by atoms with E-state index in [2.05, 4.69) is 16.3 Å². The molecule has 0 atom stereocenters. The van der Waals surface area contributed by atoms with Gasteiger partial charge in [0.15, 0.2) is 5.11 Å². The first kappa shape index (κ1) is 16.4. The number of nitriles is 1. The van der Waals surface area contributed by atoms with Crippen molar-refractivity contribution in [3.63, 3.8) is 0 Å². The molecule has 0 unspecified atom stereocenters. The van der Waals surface area contributed by atoms with E-state index in [0.29, 0.717) is 17.1 Å². The molecule has 0 spiro atoms. The Morgan fingerprint density at radius 2 is 1.91 bits per heavy atom. The minimum absolute atomic E-state index is 0.170. The number of thiocarbonyl (C=S) groups is 1. The quantitative estimate of drug-likeness (QED) is 0.857. The molecule has 1 aromatic rings. The molecule has 5 nitrogen and oxygen atoms in total. The summed E-state index contributed by atoms with van der Waals surface area (Å²) in [7, 11) is 0. The molecule has 0 radical (unpaired) electrons. The normalized spacial score (nSPS) is 15.2. The Hall–Kier alpha value is -1.97. The van der Waals surface area contributed by atoms with Crippen LogP contribution in [0.3, 0.4) is 0 Å². The van der Waals surface area contributed by atoms with Crippen molar-refractivity contribution in [2.24, 2.45) is 0 Å². The van der Waals surface area contributed by atoms with Gasteiger partial charge < -0.3 is 4.90 Å². The Morgan fingerprint density at radius 3 is 2.50 bits per heavy atom. The average molecular weight is 316 g/mol. The molecule has 0 aromatic heterocycles. The largest absolute Gasteiger partial charge is 0.346 e. The van der Waals surface area contributed by atoms with Crippen LogP contribution in [0, 0.1) is 18.3 Å². The number of piperazine rings is 1. The highest BCUT2D eigenvalue weighted by atomic mass is 32.1. The summed E-state index contributed by atoms with van der Waals surface area (Å²) in [6, 6.07) is 9.57. The van der Waals surface area contributed by atoms with Gasteiger partial charge in [-0.2, -0.15) is 5.26 Å². The third-order valence-electron chi connectivity index (χ3n) is 3.73. The Labute approximate surface area is 136 Å². The van der Waals surface area contributed by atoms with Crippen LogP contribution in [0.5, 0.6) is 0 Å². The van der Waals surface area contributed by atoms with Crippen LogP contribution in [0.25, 0.3) is 0 Å². The maximum absolute atomic E-state index is 12.1. The molecule has 1 aromatic carbocycles. The van der Waals surface area contributed by atoms with Crippen molar-refractivity contribution in [1.29, 1.82) is 5.26 Å². The molecule has 6 heteroatoms. The molecule has 0 aliphatic carbocycles. The Bertz CT molecular complexity index is 571. The molecule has 1 aliphatic rings. The van der Waals surface area contributed by atoms with Gasteiger partial charge in [0.25, 0.3) is 5.91 Å². The van der Waals surface area contributed by atoms with Crippen LogP contribution in [-0.2, 0) is 0 Å². The van der Waals surface area contributed by atoms with Crippen LogP contribution in [0.1, 0.15) is 22.3 Å². The second-order valence-corrected chi connectivity index (χ2v) is 5.75. The number of hydrogen-bond donors (Lipinski definition) is 1. The van der Waals surface area contributed by atoms with Gasteiger partial charge in [-0.3, -0.25) is 15.0 Å². The van der Waals surface area contributed by atoms with E-state index < -0.39 is 0 Å². The van der Waals surface area contributed by atoms with Crippen LogP contribution < -0.4 is 5.32 Å². The maximum Gasteiger partial charge on any atom is 0.257 e. The number of carbonyl (C=O) groups is 1. The molecule has 0 bridgehead atoms. The van der Waals surface area contributed by atoms with Gasteiger partial charge in [0, 0.05) is 44.7 Å². The lowest BCUT2D eigenvalue weighted by molar-refractivity contribution is 0.0969. The fourth-order valence-electron chi connectivity index (χ4n) is 2.34. The van der Waals surface area contributed by atoms with Gasteiger partial charge in [0.05, 0.1) is 6.07 Å². The summed E-state index contributed by atoms with van der Waals surface area (Å²) in [5, 5.41) is 11.9. The minimum atomic E-state index is -0.170. The van der Waals surface area contributed by atoms with E-state index in [1.807, 2.05) is 24.0 Å². The SMILES string of the molecule is Cc1ccc(C(=O)NC(=S)N2CCN(CCC#N)CC2)cc1. The first-order valence-electron chi connectivity index (χ1n) is 7.36. The van der Waals surface area contributed by atoms with E-state index >= 15 is 0 Å². The van der Waals surface area contributed by atoms with Gasteiger partial charge >= 0.3 is 0 Å².